The van der Waals surface area contributed by atoms with E-state index < -0.39 is 0 Å². The topological polar surface area (TPSA) is 86.9 Å². The van der Waals surface area contributed by atoms with Gasteiger partial charge in [-0.2, -0.15) is 0 Å². The van der Waals surface area contributed by atoms with Crippen molar-refractivity contribution in [3.63, 3.8) is 0 Å². The Bertz CT molecular complexity index is 929. The highest BCUT2D eigenvalue weighted by Crippen LogP contribution is 2.26. The van der Waals surface area contributed by atoms with Crippen LogP contribution in [0.2, 0.25) is 0 Å². The molecule has 3 aromatic rings. The fraction of sp³-hybridized carbons (Fsp3) is 0.118. The number of rotatable bonds is 2. The second-order valence-corrected chi connectivity index (χ2v) is 5.51. The SMILES string of the molecule is O=C1CCc2ccc(NC(=O)c3ccc4nc[nH]c4c3)cc2N1. The van der Waals surface area contributed by atoms with Crippen LogP contribution in [0.3, 0.4) is 0 Å². The van der Waals surface area contributed by atoms with Gasteiger partial charge >= 0.3 is 0 Å². The molecule has 6 heteroatoms. The number of nitrogens with one attached hydrogen (secondary N) is 3. The van der Waals surface area contributed by atoms with Gasteiger partial charge in [0.05, 0.1) is 17.4 Å². The number of fused-ring (bicyclic) bond motifs is 2. The molecular formula is C17H14N4O2. The van der Waals surface area contributed by atoms with E-state index in [4.69, 9.17) is 0 Å². The molecule has 6 nitrogen and oxygen atoms in total. The number of H-pyrrole nitrogens is 1. The number of carbonyl (C=O) groups is 2. The molecule has 2 heterocycles. The monoisotopic (exact) mass is 306 g/mol. The third kappa shape index (κ3) is 2.55. The van der Waals surface area contributed by atoms with E-state index in [2.05, 4.69) is 20.6 Å². The Kier molecular flexibility index (Phi) is 3.08. The number of carbonyl (C=O) groups excluding carboxylic acids is 2. The van der Waals surface area contributed by atoms with E-state index in [1.807, 2.05) is 12.1 Å². The molecule has 0 unspecified atom stereocenters. The summed E-state index contributed by atoms with van der Waals surface area (Å²) in [5.41, 5.74) is 4.68. The average molecular weight is 306 g/mol. The summed E-state index contributed by atoms with van der Waals surface area (Å²) in [6.45, 7) is 0. The number of aryl methyl sites for hydroxylation is 1. The van der Waals surface area contributed by atoms with Gasteiger partial charge in [0.2, 0.25) is 5.91 Å². The van der Waals surface area contributed by atoms with Crippen molar-refractivity contribution < 1.29 is 9.59 Å². The van der Waals surface area contributed by atoms with Crippen LogP contribution >= 0.6 is 0 Å². The highest BCUT2D eigenvalue weighted by Gasteiger charge is 2.15. The smallest absolute Gasteiger partial charge is 0.255 e. The molecule has 0 bridgehead atoms. The summed E-state index contributed by atoms with van der Waals surface area (Å²) in [5.74, 6) is -0.200. The van der Waals surface area contributed by atoms with E-state index in [0.717, 1.165) is 28.7 Å². The Morgan fingerprint density at radius 1 is 1.13 bits per heavy atom. The highest BCUT2D eigenvalue weighted by molar-refractivity contribution is 6.06. The van der Waals surface area contributed by atoms with E-state index in [1.54, 1.807) is 30.6 Å². The van der Waals surface area contributed by atoms with Crippen LogP contribution in [0.25, 0.3) is 11.0 Å². The van der Waals surface area contributed by atoms with E-state index in [9.17, 15) is 9.59 Å². The molecule has 1 aromatic heterocycles. The third-order valence-corrected chi connectivity index (χ3v) is 3.95. The minimum Gasteiger partial charge on any atom is -0.345 e. The number of aromatic nitrogens is 2. The van der Waals surface area contributed by atoms with E-state index in [-0.39, 0.29) is 11.8 Å². The Balaban J connectivity index is 1.58. The Hall–Kier alpha value is -3.15. The largest absolute Gasteiger partial charge is 0.345 e. The van der Waals surface area contributed by atoms with Gasteiger partial charge in [0.15, 0.2) is 0 Å². The predicted molar refractivity (Wildman–Crippen MR) is 87.4 cm³/mol. The van der Waals surface area contributed by atoms with Gasteiger partial charge in [-0.05, 0) is 42.3 Å². The molecular weight excluding hydrogens is 292 g/mol. The van der Waals surface area contributed by atoms with Gasteiger partial charge in [0, 0.05) is 23.4 Å². The summed E-state index contributed by atoms with van der Waals surface area (Å²) >= 11 is 0. The Morgan fingerprint density at radius 2 is 2.04 bits per heavy atom. The summed E-state index contributed by atoms with van der Waals surface area (Å²) in [7, 11) is 0. The van der Waals surface area contributed by atoms with Gasteiger partial charge in [0.1, 0.15) is 0 Å². The maximum absolute atomic E-state index is 12.4. The minimum atomic E-state index is -0.205. The summed E-state index contributed by atoms with van der Waals surface area (Å²) in [6, 6.07) is 10.9. The molecule has 0 aliphatic carbocycles. The van der Waals surface area contributed by atoms with Gasteiger partial charge < -0.3 is 15.6 Å². The number of nitrogens with zero attached hydrogens (tertiary/aromatic N) is 1. The molecule has 0 saturated heterocycles. The fourth-order valence-corrected chi connectivity index (χ4v) is 2.73. The van der Waals surface area contributed by atoms with Crippen LogP contribution in [0.4, 0.5) is 11.4 Å². The lowest BCUT2D eigenvalue weighted by atomic mass is 10.0. The molecule has 3 N–H and O–H groups in total. The summed E-state index contributed by atoms with van der Waals surface area (Å²) < 4.78 is 0. The van der Waals surface area contributed by atoms with E-state index >= 15 is 0 Å². The van der Waals surface area contributed by atoms with Crippen molar-refractivity contribution in [3.8, 4) is 0 Å². The third-order valence-electron chi connectivity index (χ3n) is 3.95. The molecule has 0 saturated carbocycles. The van der Waals surface area contributed by atoms with Gasteiger partial charge in [-0.15, -0.1) is 0 Å². The van der Waals surface area contributed by atoms with Crippen LogP contribution in [0, 0.1) is 0 Å². The van der Waals surface area contributed by atoms with Gasteiger partial charge in [-0.1, -0.05) is 6.07 Å². The lowest BCUT2D eigenvalue weighted by molar-refractivity contribution is -0.116. The van der Waals surface area contributed by atoms with Crippen molar-refractivity contribution in [2.24, 2.45) is 0 Å². The fourth-order valence-electron chi connectivity index (χ4n) is 2.73. The van der Waals surface area contributed by atoms with Crippen LogP contribution in [0.1, 0.15) is 22.3 Å². The zero-order valence-electron chi connectivity index (χ0n) is 12.2. The second kappa shape index (κ2) is 5.24. The lowest BCUT2D eigenvalue weighted by Crippen LogP contribution is -2.19. The molecule has 0 spiro atoms. The maximum Gasteiger partial charge on any atom is 0.255 e. The summed E-state index contributed by atoms with van der Waals surface area (Å²) in [4.78, 5) is 31.0. The molecule has 0 atom stereocenters. The molecule has 1 aliphatic heterocycles. The van der Waals surface area contributed by atoms with Crippen LogP contribution in [-0.2, 0) is 11.2 Å². The maximum atomic E-state index is 12.4. The van der Waals surface area contributed by atoms with Crippen molar-refractivity contribution in [2.75, 3.05) is 10.6 Å². The highest BCUT2D eigenvalue weighted by atomic mass is 16.2. The number of amides is 2. The number of anilines is 2. The van der Waals surface area contributed by atoms with Gasteiger partial charge in [-0.25, -0.2) is 4.98 Å². The van der Waals surface area contributed by atoms with E-state index in [1.165, 1.54) is 0 Å². The number of benzene rings is 2. The second-order valence-electron chi connectivity index (χ2n) is 5.51. The normalized spacial score (nSPS) is 13.5. The molecule has 2 aromatic carbocycles. The van der Waals surface area contributed by atoms with E-state index in [0.29, 0.717) is 17.7 Å². The van der Waals surface area contributed by atoms with Crippen molar-refractivity contribution >= 4 is 34.2 Å². The molecule has 4 rings (SSSR count). The molecule has 0 radical (unpaired) electrons. The molecule has 23 heavy (non-hydrogen) atoms. The minimum absolute atomic E-state index is 0.00525. The van der Waals surface area contributed by atoms with Crippen molar-refractivity contribution in [2.45, 2.75) is 12.8 Å². The summed E-state index contributed by atoms with van der Waals surface area (Å²) in [5, 5.41) is 5.69. The lowest BCUT2D eigenvalue weighted by Gasteiger charge is -2.17. The first kappa shape index (κ1) is 13.5. The first-order valence-electron chi connectivity index (χ1n) is 7.36. The van der Waals surface area contributed by atoms with Gasteiger partial charge in [0.25, 0.3) is 5.91 Å². The number of hydrogen-bond donors (Lipinski definition) is 3. The molecule has 0 fully saturated rings. The van der Waals surface area contributed by atoms with Crippen molar-refractivity contribution in [3.05, 3.63) is 53.9 Å². The first-order chi connectivity index (χ1) is 11.2. The number of aromatic amines is 1. The van der Waals surface area contributed by atoms with Crippen molar-refractivity contribution in [1.29, 1.82) is 0 Å². The van der Waals surface area contributed by atoms with Crippen LogP contribution in [0.5, 0.6) is 0 Å². The standard InChI is InChI=1S/C17H14N4O2/c22-16-6-3-10-1-4-12(8-14(10)21-16)20-17(23)11-2-5-13-15(7-11)19-9-18-13/h1-2,4-5,7-9H,3,6H2,(H,18,19)(H,20,23)(H,21,22). The van der Waals surface area contributed by atoms with Crippen molar-refractivity contribution in [1.82, 2.24) is 9.97 Å². The quantitative estimate of drug-likeness (QED) is 0.680. The molecule has 1 aliphatic rings. The zero-order chi connectivity index (χ0) is 15.8. The van der Waals surface area contributed by atoms with Crippen LogP contribution < -0.4 is 10.6 Å². The number of hydrogen-bond acceptors (Lipinski definition) is 3. The first-order valence-corrected chi connectivity index (χ1v) is 7.36. The molecule has 114 valence electrons. The molecule has 2 amide bonds. The number of imidazole rings is 1. The van der Waals surface area contributed by atoms with Gasteiger partial charge in [-0.3, -0.25) is 9.59 Å². The Labute approximate surface area is 131 Å². The zero-order valence-corrected chi connectivity index (χ0v) is 12.2. The summed E-state index contributed by atoms with van der Waals surface area (Å²) in [6.07, 6.45) is 2.83. The van der Waals surface area contributed by atoms with Crippen LogP contribution in [-0.4, -0.2) is 21.8 Å². The predicted octanol–water partition coefficient (Wildman–Crippen LogP) is 2.70. The Morgan fingerprint density at radius 3 is 2.96 bits per heavy atom. The average Bonchev–Trinajstić information content (AvgIpc) is 3.02. The van der Waals surface area contributed by atoms with Crippen LogP contribution in [0.15, 0.2) is 42.7 Å².